The summed E-state index contributed by atoms with van der Waals surface area (Å²) >= 11 is 1.63. The minimum absolute atomic E-state index is 0.0471. The summed E-state index contributed by atoms with van der Waals surface area (Å²) in [5, 5.41) is 2.99. The van der Waals surface area contributed by atoms with Crippen molar-refractivity contribution in [2.75, 3.05) is 31.1 Å². The Bertz CT molecular complexity index is 608. The lowest BCUT2D eigenvalue weighted by Crippen LogP contribution is -2.48. The molecule has 0 aliphatic carbocycles. The Labute approximate surface area is 127 Å². The van der Waals surface area contributed by atoms with Gasteiger partial charge in [0, 0.05) is 56.1 Å². The lowest BCUT2D eigenvalue weighted by atomic mass is 10.2. The van der Waals surface area contributed by atoms with Crippen LogP contribution in [0.15, 0.2) is 29.9 Å². The van der Waals surface area contributed by atoms with E-state index >= 15 is 0 Å². The molecule has 6 nitrogen and oxygen atoms in total. The van der Waals surface area contributed by atoms with Gasteiger partial charge in [-0.25, -0.2) is 4.98 Å². The molecular formula is C14H17N5OS. The van der Waals surface area contributed by atoms with Crippen LogP contribution in [0.25, 0.3) is 0 Å². The van der Waals surface area contributed by atoms with E-state index in [2.05, 4.69) is 14.9 Å². The predicted molar refractivity (Wildman–Crippen MR) is 82.4 cm³/mol. The summed E-state index contributed by atoms with van der Waals surface area (Å²) in [7, 11) is 0. The molecule has 0 saturated carbocycles. The first kappa shape index (κ1) is 14.0. The summed E-state index contributed by atoms with van der Waals surface area (Å²) in [5.74, 6) is 0.0471. The zero-order chi connectivity index (χ0) is 14.7. The summed E-state index contributed by atoms with van der Waals surface area (Å²) < 4.78 is 0. The number of carbonyl (C=O) groups is 1. The first-order chi connectivity index (χ1) is 10.3. The van der Waals surface area contributed by atoms with Gasteiger partial charge in [0.15, 0.2) is 5.13 Å². The topological polar surface area (TPSA) is 75.4 Å². The van der Waals surface area contributed by atoms with Crippen molar-refractivity contribution >= 4 is 22.4 Å². The highest BCUT2D eigenvalue weighted by molar-refractivity contribution is 7.13. The van der Waals surface area contributed by atoms with Crippen molar-refractivity contribution in [3.05, 3.63) is 41.2 Å². The number of pyridine rings is 1. The van der Waals surface area contributed by atoms with Gasteiger partial charge in [-0.1, -0.05) is 0 Å². The molecule has 2 N–H and O–H groups in total. The van der Waals surface area contributed by atoms with Gasteiger partial charge < -0.3 is 15.5 Å². The lowest BCUT2D eigenvalue weighted by molar-refractivity contribution is 0.0746. The molecule has 3 rings (SSSR count). The van der Waals surface area contributed by atoms with E-state index < -0.39 is 0 Å². The van der Waals surface area contributed by atoms with Crippen LogP contribution in [0, 0.1) is 0 Å². The standard InChI is InChI=1S/C14H17N5OS/c15-10-12-9-11(1-2-16-12)13(20)18-4-6-19(7-5-18)14-17-3-8-21-14/h1-3,8-9H,4-7,10,15H2. The highest BCUT2D eigenvalue weighted by atomic mass is 32.1. The van der Waals surface area contributed by atoms with Crippen LogP contribution in [-0.2, 0) is 6.54 Å². The normalized spacial score (nSPS) is 15.3. The number of nitrogens with two attached hydrogens (primary N) is 1. The van der Waals surface area contributed by atoms with Crippen molar-refractivity contribution in [3.63, 3.8) is 0 Å². The minimum atomic E-state index is 0.0471. The number of anilines is 1. The Morgan fingerprint density at radius 3 is 2.71 bits per heavy atom. The number of rotatable bonds is 3. The number of amides is 1. The largest absolute Gasteiger partial charge is 0.345 e. The maximum absolute atomic E-state index is 12.5. The maximum atomic E-state index is 12.5. The number of carbonyl (C=O) groups excluding carboxylic acids is 1. The number of aromatic nitrogens is 2. The Morgan fingerprint density at radius 2 is 2.05 bits per heavy atom. The fourth-order valence-corrected chi connectivity index (χ4v) is 3.08. The molecule has 21 heavy (non-hydrogen) atoms. The molecule has 1 fully saturated rings. The second-order valence-electron chi connectivity index (χ2n) is 4.83. The van der Waals surface area contributed by atoms with Gasteiger partial charge in [-0.2, -0.15) is 0 Å². The van der Waals surface area contributed by atoms with Crippen LogP contribution in [0.5, 0.6) is 0 Å². The summed E-state index contributed by atoms with van der Waals surface area (Å²) in [6, 6.07) is 3.52. The van der Waals surface area contributed by atoms with E-state index in [4.69, 9.17) is 5.73 Å². The Hall–Kier alpha value is -1.99. The van der Waals surface area contributed by atoms with Crippen LogP contribution in [0.3, 0.4) is 0 Å². The van der Waals surface area contributed by atoms with Crippen molar-refractivity contribution in [1.82, 2.24) is 14.9 Å². The van der Waals surface area contributed by atoms with Gasteiger partial charge in [0.25, 0.3) is 5.91 Å². The van der Waals surface area contributed by atoms with Gasteiger partial charge in [-0.3, -0.25) is 9.78 Å². The van der Waals surface area contributed by atoms with Crippen molar-refractivity contribution in [2.45, 2.75) is 6.54 Å². The van der Waals surface area contributed by atoms with Gasteiger partial charge >= 0.3 is 0 Å². The van der Waals surface area contributed by atoms with E-state index in [1.807, 2.05) is 16.5 Å². The smallest absolute Gasteiger partial charge is 0.254 e. The molecule has 1 aliphatic rings. The molecule has 1 amide bonds. The fraction of sp³-hybridized carbons (Fsp3) is 0.357. The second kappa shape index (κ2) is 6.19. The molecule has 0 aromatic carbocycles. The number of piperazine rings is 1. The van der Waals surface area contributed by atoms with E-state index in [-0.39, 0.29) is 5.91 Å². The molecule has 1 aliphatic heterocycles. The Balaban J connectivity index is 1.64. The first-order valence-electron chi connectivity index (χ1n) is 6.86. The molecule has 1 saturated heterocycles. The highest BCUT2D eigenvalue weighted by Crippen LogP contribution is 2.19. The second-order valence-corrected chi connectivity index (χ2v) is 5.71. The van der Waals surface area contributed by atoms with Gasteiger partial charge in [-0.05, 0) is 12.1 Å². The van der Waals surface area contributed by atoms with Crippen LogP contribution in [0.2, 0.25) is 0 Å². The highest BCUT2D eigenvalue weighted by Gasteiger charge is 2.23. The third-order valence-corrected chi connectivity index (χ3v) is 4.36. The molecule has 2 aromatic heterocycles. The van der Waals surface area contributed by atoms with E-state index in [9.17, 15) is 4.79 Å². The molecule has 3 heterocycles. The summed E-state index contributed by atoms with van der Waals surface area (Å²) in [6.07, 6.45) is 3.45. The molecule has 0 radical (unpaired) electrons. The quantitative estimate of drug-likeness (QED) is 0.914. The Morgan fingerprint density at radius 1 is 1.24 bits per heavy atom. The van der Waals surface area contributed by atoms with Crippen LogP contribution in [-0.4, -0.2) is 47.0 Å². The van der Waals surface area contributed by atoms with Crippen molar-refractivity contribution in [2.24, 2.45) is 5.73 Å². The number of hydrogen-bond donors (Lipinski definition) is 1. The number of hydrogen-bond acceptors (Lipinski definition) is 6. The molecule has 110 valence electrons. The molecule has 2 aromatic rings. The van der Waals surface area contributed by atoms with Crippen molar-refractivity contribution in [1.29, 1.82) is 0 Å². The number of thiazole rings is 1. The molecule has 7 heteroatoms. The molecular weight excluding hydrogens is 286 g/mol. The lowest BCUT2D eigenvalue weighted by Gasteiger charge is -2.34. The third-order valence-electron chi connectivity index (χ3n) is 3.53. The van der Waals surface area contributed by atoms with Gasteiger partial charge in [0.2, 0.25) is 0 Å². The number of nitrogens with zero attached hydrogens (tertiary/aromatic N) is 4. The summed E-state index contributed by atoms with van der Waals surface area (Å²) in [5.41, 5.74) is 6.97. The van der Waals surface area contributed by atoms with Crippen molar-refractivity contribution in [3.8, 4) is 0 Å². The summed E-state index contributed by atoms with van der Waals surface area (Å²) in [4.78, 5) is 25.0. The van der Waals surface area contributed by atoms with E-state index in [0.717, 1.165) is 23.9 Å². The molecule has 0 atom stereocenters. The zero-order valence-electron chi connectivity index (χ0n) is 11.6. The van der Waals surface area contributed by atoms with Gasteiger partial charge in [-0.15, -0.1) is 11.3 Å². The summed E-state index contributed by atoms with van der Waals surface area (Å²) in [6.45, 7) is 3.39. The fourth-order valence-electron chi connectivity index (χ4n) is 2.38. The van der Waals surface area contributed by atoms with E-state index in [0.29, 0.717) is 25.2 Å². The monoisotopic (exact) mass is 303 g/mol. The zero-order valence-corrected chi connectivity index (χ0v) is 12.4. The van der Waals surface area contributed by atoms with Gasteiger partial charge in [0.1, 0.15) is 0 Å². The van der Waals surface area contributed by atoms with Crippen LogP contribution < -0.4 is 10.6 Å². The van der Waals surface area contributed by atoms with E-state index in [1.165, 1.54) is 0 Å². The average Bonchev–Trinajstić information content (AvgIpc) is 3.09. The first-order valence-corrected chi connectivity index (χ1v) is 7.74. The van der Waals surface area contributed by atoms with Crippen LogP contribution >= 0.6 is 11.3 Å². The van der Waals surface area contributed by atoms with Gasteiger partial charge in [0.05, 0.1) is 5.69 Å². The van der Waals surface area contributed by atoms with Crippen LogP contribution in [0.1, 0.15) is 16.1 Å². The van der Waals surface area contributed by atoms with Crippen molar-refractivity contribution < 1.29 is 4.79 Å². The predicted octanol–water partition coefficient (Wildman–Crippen LogP) is 0.959. The Kier molecular flexibility index (Phi) is 4.12. The average molecular weight is 303 g/mol. The molecule has 0 bridgehead atoms. The SMILES string of the molecule is NCc1cc(C(=O)N2CCN(c3nccs3)CC2)ccn1. The van der Waals surface area contributed by atoms with E-state index in [1.54, 1.807) is 29.7 Å². The maximum Gasteiger partial charge on any atom is 0.254 e. The van der Waals surface area contributed by atoms with Crippen LogP contribution in [0.4, 0.5) is 5.13 Å². The minimum Gasteiger partial charge on any atom is -0.345 e. The molecule has 0 unspecified atom stereocenters. The third kappa shape index (κ3) is 3.03. The molecule has 0 spiro atoms.